The number of rotatable bonds is 4. The van der Waals surface area contributed by atoms with Crippen LogP contribution in [0.2, 0.25) is 5.02 Å². The van der Waals surface area contributed by atoms with E-state index in [1.807, 2.05) is 0 Å². The standard InChI is InChI=1S/C14H12ClF3N2O4/c1-7(12(22)20-13(19)23)24-11(21)5-3-8-2-4-10(15)9(6-8)14(16,17)18/h2-7H,1H3,(H3,19,20,22,23)/b5-3+/t7-/m0/s1. The van der Waals surface area contributed by atoms with Gasteiger partial charge in [-0.1, -0.05) is 17.7 Å². The van der Waals surface area contributed by atoms with Crippen LogP contribution in [0.25, 0.3) is 6.08 Å². The van der Waals surface area contributed by atoms with Gasteiger partial charge in [0.05, 0.1) is 10.6 Å². The molecule has 0 saturated heterocycles. The molecule has 0 aliphatic heterocycles. The van der Waals surface area contributed by atoms with Gasteiger partial charge >= 0.3 is 18.2 Å². The summed E-state index contributed by atoms with van der Waals surface area (Å²) in [4.78, 5) is 33.3. The second-order valence-electron chi connectivity index (χ2n) is 4.50. The number of nitrogens with one attached hydrogen (secondary N) is 1. The maximum Gasteiger partial charge on any atom is 0.417 e. The van der Waals surface area contributed by atoms with Crippen LogP contribution in [-0.2, 0) is 20.5 Å². The predicted octanol–water partition coefficient (Wildman–Crippen LogP) is 2.50. The van der Waals surface area contributed by atoms with Crippen molar-refractivity contribution in [2.24, 2.45) is 5.73 Å². The van der Waals surface area contributed by atoms with Crippen molar-refractivity contribution in [1.82, 2.24) is 5.32 Å². The molecular weight excluding hydrogens is 353 g/mol. The van der Waals surface area contributed by atoms with E-state index in [9.17, 15) is 27.6 Å². The van der Waals surface area contributed by atoms with Gasteiger partial charge < -0.3 is 10.5 Å². The third kappa shape index (κ3) is 5.92. The van der Waals surface area contributed by atoms with Crippen LogP contribution in [0.4, 0.5) is 18.0 Å². The Labute approximate surface area is 139 Å². The molecule has 0 saturated carbocycles. The number of carbonyl (C=O) groups excluding carboxylic acids is 3. The first kappa shape index (κ1) is 19.5. The fourth-order valence-corrected chi connectivity index (χ4v) is 1.74. The first-order valence-corrected chi connectivity index (χ1v) is 6.74. The molecule has 0 fully saturated rings. The van der Waals surface area contributed by atoms with Crippen LogP contribution >= 0.6 is 11.6 Å². The molecular formula is C14H12ClF3N2O4. The molecule has 1 atom stereocenters. The molecule has 1 aromatic rings. The summed E-state index contributed by atoms with van der Waals surface area (Å²) < 4.78 is 42.8. The highest BCUT2D eigenvalue weighted by Crippen LogP contribution is 2.35. The van der Waals surface area contributed by atoms with Gasteiger partial charge in [0.2, 0.25) is 0 Å². The van der Waals surface area contributed by atoms with Crippen molar-refractivity contribution in [3.63, 3.8) is 0 Å². The summed E-state index contributed by atoms with van der Waals surface area (Å²) in [7, 11) is 0. The molecule has 3 amide bonds. The molecule has 24 heavy (non-hydrogen) atoms. The number of halogens is 4. The lowest BCUT2D eigenvalue weighted by Gasteiger charge is -2.10. The van der Waals surface area contributed by atoms with Crippen molar-refractivity contribution in [1.29, 1.82) is 0 Å². The summed E-state index contributed by atoms with van der Waals surface area (Å²) >= 11 is 5.47. The molecule has 0 unspecified atom stereocenters. The average Bonchev–Trinajstić information content (AvgIpc) is 2.44. The SMILES string of the molecule is C[C@H](OC(=O)/C=C/c1ccc(Cl)c(C(F)(F)F)c1)C(=O)NC(N)=O. The van der Waals surface area contributed by atoms with Crippen molar-refractivity contribution >= 4 is 35.6 Å². The second-order valence-corrected chi connectivity index (χ2v) is 4.91. The van der Waals surface area contributed by atoms with E-state index in [-0.39, 0.29) is 5.56 Å². The zero-order valence-electron chi connectivity index (χ0n) is 12.2. The van der Waals surface area contributed by atoms with Crippen LogP contribution in [0.5, 0.6) is 0 Å². The number of amides is 3. The van der Waals surface area contributed by atoms with E-state index < -0.39 is 40.8 Å². The number of ether oxygens (including phenoxy) is 1. The third-order valence-electron chi connectivity index (χ3n) is 2.62. The van der Waals surface area contributed by atoms with Gasteiger partial charge in [0, 0.05) is 6.08 Å². The second kappa shape index (κ2) is 7.82. The molecule has 1 rings (SSSR count). The van der Waals surface area contributed by atoms with Gasteiger partial charge in [-0.05, 0) is 30.7 Å². The van der Waals surface area contributed by atoms with Gasteiger partial charge in [-0.25, -0.2) is 9.59 Å². The molecule has 0 heterocycles. The molecule has 10 heteroatoms. The van der Waals surface area contributed by atoms with Crippen molar-refractivity contribution in [3.05, 3.63) is 40.4 Å². The molecule has 0 aromatic heterocycles. The van der Waals surface area contributed by atoms with Crippen LogP contribution in [-0.4, -0.2) is 24.0 Å². The summed E-state index contributed by atoms with van der Waals surface area (Å²) in [6.07, 6.45) is -4.06. The number of urea groups is 1. The fourth-order valence-electron chi connectivity index (χ4n) is 1.52. The lowest BCUT2D eigenvalue weighted by atomic mass is 10.1. The van der Waals surface area contributed by atoms with E-state index in [4.69, 9.17) is 17.3 Å². The van der Waals surface area contributed by atoms with Gasteiger partial charge in [0.15, 0.2) is 6.10 Å². The Balaban J connectivity index is 2.77. The minimum absolute atomic E-state index is 0.0536. The number of carbonyl (C=O) groups is 3. The highest BCUT2D eigenvalue weighted by atomic mass is 35.5. The Kier molecular flexibility index (Phi) is 6.35. The summed E-state index contributed by atoms with van der Waals surface area (Å²) in [5.74, 6) is -1.93. The van der Waals surface area contributed by atoms with Gasteiger partial charge in [-0.3, -0.25) is 10.1 Å². The number of hydrogen-bond donors (Lipinski definition) is 2. The van der Waals surface area contributed by atoms with Crippen LogP contribution in [0.1, 0.15) is 18.1 Å². The summed E-state index contributed by atoms with van der Waals surface area (Å²) in [5, 5.41) is 1.24. The van der Waals surface area contributed by atoms with E-state index in [0.717, 1.165) is 24.3 Å². The Bertz CT molecular complexity index is 689. The number of alkyl halides is 3. The Hall–Kier alpha value is -2.55. The minimum Gasteiger partial charge on any atom is -0.449 e. The van der Waals surface area contributed by atoms with E-state index >= 15 is 0 Å². The first-order chi connectivity index (χ1) is 11.0. The number of primary amides is 1. The van der Waals surface area contributed by atoms with Gasteiger partial charge in [0.25, 0.3) is 5.91 Å². The Morgan fingerprint density at radius 1 is 1.33 bits per heavy atom. The van der Waals surface area contributed by atoms with Crippen molar-refractivity contribution in [2.75, 3.05) is 0 Å². The van der Waals surface area contributed by atoms with Crippen molar-refractivity contribution in [2.45, 2.75) is 19.2 Å². The fraction of sp³-hybridized carbons (Fsp3) is 0.214. The smallest absolute Gasteiger partial charge is 0.417 e. The molecule has 1 aromatic carbocycles. The molecule has 3 N–H and O–H groups in total. The lowest BCUT2D eigenvalue weighted by Crippen LogP contribution is -2.42. The topological polar surface area (TPSA) is 98.5 Å². The van der Waals surface area contributed by atoms with E-state index in [1.54, 1.807) is 5.32 Å². The summed E-state index contributed by atoms with van der Waals surface area (Å²) in [6.45, 7) is 1.19. The van der Waals surface area contributed by atoms with E-state index in [0.29, 0.717) is 0 Å². The number of nitrogens with two attached hydrogens (primary N) is 1. The van der Waals surface area contributed by atoms with Crippen LogP contribution in [0.3, 0.4) is 0 Å². The van der Waals surface area contributed by atoms with Gasteiger partial charge in [-0.2, -0.15) is 13.2 Å². The average molecular weight is 365 g/mol. The maximum atomic E-state index is 12.7. The molecule has 6 nitrogen and oxygen atoms in total. The Morgan fingerprint density at radius 3 is 2.50 bits per heavy atom. The predicted molar refractivity (Wildman–Crippen MR) is 78.8 cm³/mol. The monoisotopic (exact) mass is 364 g/mol. The quantitative estimate of drug-likeness (QED) is 0.633. The minimum atomic E-state index is -4.64. The normalized spacial score (nSPS) is 12.7. The number of esters is 1. The number of imide groups is 1. The first-order valence-electron chi connectivity index (χ1n) is 6.36. The number of hydrogen-bond acceptors (Lipinski definition) is 4. The third-order valence-corrected chi connectivity index (χ3v) is 2.95. The summed E-state index contributed by atoms with van der Waals surface area (Å²) in [5.41, 5.74) is 3.74. The molecule has 0 radical (unpaired) electrons. The van der Waals surface area contributed by atoms with E-state index in [1.165, 1.54) is 13.0 Å². The van der Waals surface area contributed by atoms with E-state index in [2.05, 4.69) is 4.74 Å². The van der Waals surface area contributed by atoms with Crippen LogP contribution in [0.15, 0.2) is 24.3 Å². The molecule has 0 spiro atoms. The zero-order chi connectivity index (χ0) is 18.5. The Morgan fingerprint density at radius 2 is 1.96 bits per heavy atom. The zero-order valence-corrected chi connectivity index (χ0v) is 12.9. The van der Waals surface area contributed by atoms with Gasteiger partial charge in [0.1, 0.15) is 0 Å². The number of benzene rings is 1. The molecule has 0 aliphatic carbocycles. The van der Waals surface area contributed by atoms with Crippen molar-refractivity contribution < 1.29 is 32.3 Å². The summed E-state index contributed by atoms with van der Waals surface area (Å²) in [6, 6.07) is 1.96. The largest absolute Gasteiger partial charge is 0.449 e. The molecule has 130 valence electrons. The van der Waals surface area contributed by atoms with Crippen LogP contribution in [0, 0.1) is 0 Å². The molecule has 0 bridgehead atoms. The molecule has 0 aliphatic rings. The lowest BCUT2D eigenvalue weighted by molar-refractivity contribution is -0.149. The van der Waals surface area contributed by atoms with Crippen LogP contribution < -0.4 is 11.1 Å². The van der Waals surface area contributed by atoms with Crippen molar-refractivity contribution in [3.8, 4) is 0 Å². The highest BCUT2D eigenvalue weighted by molar-refractivity contribution is 6.31. The maximum absolute atomic E-state index is 12.7. The van der Waals surface area contributed by atoms with Gasteiger partial charge in [-0.15, -0.1) is 0 Å². The highest BCUT2D eigenvalue weighted by Gasteiger charge is 2.33.